The Bertz CT molecular complexity index is 458. The van der Waals surface area contributed by atoms with E-state index in [2.05, 4.69) is 15.0 Å². The summed E-state index contributed by atoms with van der Waals surface area (Å²) in [7, 11) is 0. The summed E-state index contributed by atoms with van der Waals surface area (Å²) in [6.45, 7) is 0. The predicted molar refractivity (Wildman–Crippen MR) is 61.5 cm³/mol. The van der Waals surface area contributed by atoms with Crippen LogP contribution in [0.3, 0.4) is 0 Å². The number of hydrogen-bond donors (Lipinski definition) is 1. The SMILES string of the molecule is CSc1nc(N)cc(-c2ccccn2)n1. The predicted octanol–water partition coefficient (Wildman–Crippen LogP) is 1.84. The van der Waals surface area contributed by atoms with Crippen molar-refractivity contribution in [1.82, 2.24) is 15.0 Å². The molecule has 2 rings (SSSR count). The second-order valence-corrected chi connectivity index (χ2v) is 3.65. The molecule has 0 unspecified atom stereocenters. The van der Waals surface area contributed by atoms with Crippen LogP contribution >= 0.6 is 11.8 Å². The van der Waals surface area contributed by atoms with Gasteiger partial charge in [0.15, 0.2) is 5.16 Å². The lowest BCUT2D eigenvalue weighted by atomic mass is 10.2. The molecule has 0 bridgehead atoms. The first-order valence-corrected chi connectivity index (χ1v) is 5.62. The highest BCUT2D eigenvalue weighted by Crippen LogP contribution is 2.19. The minimum atomic E-state index is 0.468. The molecule has 0 spiro atoms. The molecule has 15 heavy (non-hydrogen) atoms. The largest absolute Gasteiger partial charge is 0.384 e. The van der Waals surface area contributed by atoms with Crippen LogP contribution in [-0.2, 0) is 0 Å². The maximum atomic E-state index is 5.68. The van der Waals surface area contributed by atoms with Gasteiger partial charge in [-0.05, 0) is 18.4 Å². The first-order valence-electron chi connectivity index (χ1n) is 4.39. The molecule has 0 fully saturated rings. The Balaban J connectivity index is 2.49. The van der Waals surface area contributed by atoms with Crippen LogP contribution in [0.4, 0.5) is 5.82 Å². The number of rotatable bonds is 2. The van der Waals surface area contributed by atoms with E-state index in [-0.39, 0.29) is 0 Å². The van der Waals surface area contributed by atoms with Gasteiger partial charge in [0.1, 0.15) is 5.82 Å². The van der Waals surface area contributed by atoms with Crippen LogP contribution in [-0.4, -0.2) is 21.2 Å². The van der Waals surface area contributed by atoms with Gasteiger partial charge in [-0.25, -0.2) is 9.97 Å². The van der Waals surface area contributed by atoms with Crippen molar-refractivity contribution in [2.75, 3.05) is 12.0 Å². The van der Waals surface area contributed by atoms with Crippen molar-refractivity contribution in [2.24, 2.45) is 0 Å². The van der Waals surface area contributed by atoms with Crippen molar-refractivity contribution in [2.45, 2.75) is 5.16 Å². The van der Waals surface area contributed by atoms with Crippen molar-refractivity contribution < 1.29 is 0 Å². The van der Waals surface area contributed by atoms with Gasteiger partial charge < -0.3 is 5.73 Å². The van der Waals surface area contributed by atoms with Gasteiger partial charge >= 0.3 is 0 Å². The molecule has 0 aliphatic carbocycles. The zero-order valence-corrected chi connectivity index (χ0v) is 9.03. The Morgan fingerprint density at radius 2 is 2.07 bits per heavy atom. The average molecular weight is 218 g/mol. The molecular formula is C10H10N4S. The van der Waals surface area contributed by atoms with Crippen molar-refractivity contribution in [3.63, 3.8) is 0 Å². The van der Waals surface area contributed by atoms with Gasteiger partial charge in [0.25, 0.3) is 0 Å². The second kappa shape index (κ2) is 4.27. The summed E-state index contributed by atoms with van der Waals surface area (Å²) in [5.41, 5.74) is 7.24. The smallest absolute Gasteiger partial charge is 0.189 e. The van der Waals surface area contributed by atoms with E-state index in [1.165, 1.54) is 11.8 Å². The zero-order chi connectivity index (χ0) is 10.7. The highest BCUT2D eigenvalue weighted by molar-refractivity contribution is 7.98. The van der Waals surface area contributed by atoms with E-state index in [0.29, 0.717) is 11.0 Å². The molecule has 0 saturated carbocycles. The number of aromatic nitrogens is 3. The number of hydrogen-bond acceptors (Lipinski definition) is 5. The molecule has 2 N–H and O–H groups in total. The molecular weight excluding hydrogens is 208 g/mol. The standard InChI is InChI=1S/C10H10N4S/c1-15-10-13-8(6-9(11)14-10)7-4-2-3-5-12-7/h2-6H,1H3,(H2,11,13,14). The van der Waals surface area contributed by atoms with Gasteiger partial charge in [-0.3, -0.25) is 4.98 Å². The third-order valence-electron chi connectivity index (χ3n) is 1.84. The molecule has 76 valence electrons. The lowest BCUT2D eigenvalue weighted by Gasteiger charge is -2.02. The van der Waals surface area contributed by atoms with E-state index in [4.69, 9.17) is 5.73 Å². The molecule has 2 heterocycles. The topological polar surface area (TPSA) is 64.7 Å². The van der Waals surface area contributed by atoms with E-state index >= 15 is 0 Å². The normalized spacial score (nSPS) is 10.2. The summed E-state index contributed by atoms with van der Waals surface area (Å²) >= 11 is 1.46. The molecule has 0 saturated heterocycles. The Kier molecular flexibility index (Phi) is 2.82. The van der Waals surface area contributed by atoms with Crippen LogP contribution in [0.1, 0.15) is 0 Å². The Hall–Kier alpha value is -1.62. The van der Waals surface area contributed by atoms with Gasteiger partial charge in [-0.2, -0.15) is 0 Å². The number of thioether (sulfide) groups is 1. The van der Waals surface area contributed by atoms with Crippen LogP contribution in [0.15, 0.2) is 35.6 Å². The van der Waals surface area contributed by atoms with Crippen molar-refractivity contribution in [3.05, 3.63) is 30.5 Å². The lowest BCUT2D eigenvalue weighted by Crippen LogP contribution is -1.97. The third-order valence-corrected chi connectivity index (χ3v) is 2.38. The monoisotopic (exact) mass is 218 g/mol. The van der Waals surface area contributed by atoms with Crippen molar-refractivity contribution in [1.29, 1.82) is 0 Å². The molecule has 0 aliphatic rings. The van der Waals surface area contributed by atoms with Gasteiger partial charge in [0, 0.05) is 12.3 Å². The summed E-state index contributed by atoms with van der Waals surface area (Å²) in [6, 6.07) is 7.40. The van der Waals surface area contributed by atoms with Crippen LogP contribution in [0, 0.1) is 0 Å². The fraction of sp³-hybridized carbons (Fsp3) is 0.100. The van der Waals surface area contributed by atoms with E-state index < -0.39 is 0 Å². The molecule has 0 radical (unpaired) electrons. The Labute approximate surface area is 92.0 Å². The highest BCUT2D eigenvalue weighted by Gasteiger charge is 2.04. The quantitative estimate of drug-likeness (QED) is 0.615. The minimum Gasteiger partial charge on any atom is -0.384 e. The molecule has 0 aliphatic heterocycles. The molecule has 0 amide bonds. The summed E-state index contributed by atoms with van der Waals surface area (Å²) in [5.74, 6) is 0.468. The zero-order valence-electron chi connectivity index (χ0n) is 8.21. The summed E-state index contributed by atoms with van der Waals surface area (Å²) in [6.07, 6.45) is 3.64. The number of anilines is 1. The van der Waals surface area contributed by atoms with Crippen LogP contribution in [0.25, 0.3) is 11.4 Å². The van der Waals surface area contributed by atoms with E-state index in [9.17, 15) is 0 Å². The summed E-state index contributed by atoms with van der Waals surface area (Å²) < 4.78 is 0. The van der Waals surface area contributed by atoms with Gasteiger partial charge in [0.05, 0.1) is 11.4 Å². The molecule has 0 aromatic carbocycles. The second-order valence-electron chi connectivity index (χ2n) is 2.88. The maximum absolute atomic E-state index is 5.68. The van der Waals surface area contributed by atoms with E-state index in [0.717, 1.165) is 11.4 Å². The summed E-state index contributed by atoms with van der Waals surface area (Å²) in [5, 5.41) is 0.663. The third kappa shape index (κ3) is 2.24. The average Bonchev–Trinajstić information content (AvgIpc) is 2.29. The maximum Gasteiger partial charge on any atom is 0.189 e. The summed E-state index contributed by atoms with van der Waals surface area (Å²) in [4.78, 5) is 12.6. The number of nitrogens with two attached hydrogens (primary N) is 1. The van der Waals surface area contributed by atoms with Crippen LogP contribution < -0.4 is 5.73 Å². The molecule has 4 nitrogen and oxygen atoms in total. The molecule has 2 aromatic rings. The molecule has 2 aromatic heterocycles. The van der Waals surface area contributed by atoms with Crippen LogP contribution in [0.5, 0.6) is 0 Å². The molecule has 5 heteroatoms. The van der Waals surface area contributed by atoms with Crippen molar-refractivity contribution >= 4 is 17.6 Å². The Morgan fingerprint density at radius 1 is 1.20 bits per heavy atom. The number of nitrogen functional groups attached to an aromatic ring is 1. The van der Waals surface area contributed by atoms with E-state index in [1.807, 2.05) is 24.5 Å². The Morgan fingerprint density at radius 3 is 2.73 bits per heavy atom. The number of pyridine rings is 1. The fourth-order valence-corrected chi connectivity index (χ4v) is 1.57. The van der Waals surface area contributed by atoms with Crippen LogP contribution in [0.2, 0.25) is 0 Å². The van der Waals surface area contributed by atoms with Gasteiger partial charge in [-0.1, -0.05) is 17.8 Å². The minimum absolute atomic E-state index is 0.468. The number of nitrogens with zero attached hydrogens (tertiary/aromatic N) is 3. The molecule has 0 atom stereocenters. The lowest BCUT2D eigenvalue weighted by molar-refractivity contribution is 0.980. The fourth-order valence-electron chi connectivity index (χ4n) is 1.18. The van der Waals surface area contributed by atoms with Gasteiger partial charge in [-0.15, -0.1) is 0 Å². The highest BCUT2D eigenvalue weighted by atomic mass is 32.2. The first-order chi connectivity index (χ1) is 7.29. The first kappa shape index (κ1) is 9.92. The van der Waals surface area contributed by atoms with Crippen molar-refractivity contribution in [3.8, 4) is 11.4 Å². The van der Waals surface area contributed by atoms with Gasteiger partial charge in [0.2, 0.25) is 0 Å². The van der Waals surface area contributed by atoms with E-state index in [1.54, 1.807) is 12.3 Å².